The standard InChI is InChI=1S/C15H11N3O/c19-18-14-10-6-2-1-5-9(10)13-15(14)17-12-8-4-3-7-11(12)16-13/h1,3-5,7-8,17H,2,6H2. The Hall–Kier alpha value is -2.49. The zero-order chi connectivity index (χ0) is 12.8. The van der Waals surface area contributed by atoms with Gasteiger partial charge in [0.05, 0.1) is 22.4 Å². The third-order valence-electron chi connectivity index (χ3n) is 3.67. The summed E-state index contributed by atoms with van der Waals surface area (Å²) in [6.45, 7) is 0. The van der Waals surface area contributed by atoms with Gasteiger partial charge in [-0.2, -0.15) is 0 Å². The summed E-state index contributed by atoms with van der Waals surface area (Å²) in [5, 5.41) is 3.22. The van der Waals surface area contributed by atoms with Crippen molar-refractivity contribution in [3.63, 3.8) is 0 Å². The Morgan fingerprint density at radius 1 is 1.26 bits per heavy atom. The Balaban J connectivity index is 2.18. The number of allylic oxidation sites excluding steroid dienone is 1. The molecule has 0 radical (unpaired) electrons. The molecule has 3 aliphatic rings. The minimum atomic E-state index is 0.521. The Labute approximate surface area is 109 Å². The van der Waals surface area contributed by atoms with Crippen LogP contribution in [0.5, 0.6) is 0 Å². The smallest absolute Gasteiger partial charge is 0.137 e. The van der Waals surface area contributed by atoms with E-state index in [1.807, 2.05) is 30.3 Å². The predicted octanol–water partition coefficient (Wildman–Crippen LogP) is 4.03. The average Bonchev–Trinajstić information content (AvgIpc) is 2.78. The first kappa shape index (κ1) is 10.4. The van der Waals surface area contributed by atoms with Crippen molar-refractivity contribution in [2.24, 2.45) is 5.18 Å². The molecule has 0 saturated heterocycles. The number of rotatable bonds is 1. The van der Waals surface area contributed by atoms with Crippen molar-refractivity contribution in [1.29, 1.82) is 0 Å². The number of fused-ring (bicyclic) bond motifs is 4. The number of aromatic nitrogens is 2. The lowest BCUT2D eigenvalue weighted by atomic mass is 10.0. The van der Waals surface area contributed by atoms with E-state index >= 15 is 0 Å². The number of nitroso groups, excluding NO2 is 1. The molecule has 92 valence electrons. The average molecular weight is 249 g/mol. The second kappa shape index (κ2) is 3.75. The van der Waals surface area contributed by atoms with Crippen molar-refractivity contribution < 1.29 is 0 Å². The normalized spacial score (nSPS) is 13.9. The van der Waals surface area contributed by atoms with Gasteiger partial charge in [-0.15, -0.1) is 4.91 Å². The molecule has 0 amide bonds. The molecule has 0 saturated carbocycles. The van der Waals surface area contributed by atoms with E-state index in [0.717, 1.165) is 46.4 Å². The molecule has 0 unspecified atom stereocenters. The van der Waals surface area contributed by atoms with Crippen molar-refractivity contribution in [3.05, 3.63) is 46.4 Å². The summed E-state index contributed by atoms with van der Waals surface area (Å²) < 4.78 is 0. The van der Waals surface area contributed by atoms with Gasteiger partial charge in [-0.25, -0.2) is 4.98 Å². The monoisotopic (exact) mass is 249 g/mol. The van der Waals surface area contributed by atoms with Gasteiger partial charge in [0.15, 0.2) is 0 Å². The van der Waals surface area contributed by atoms with Gasteiger partial charge in [-0.1, -0.05) is 24.3 Å². The molecule has 4 rings (SSSR count). The maximum Gasteiger partial charge on any atom is 0.137 e. The van der Waals surface area contributed by atoms with E-state index in [1.165, 1.54) is 0 Å². The summed E-state index contributed by atoms with van der Waals surface area (Å²) in [6, 6.07) is 7.83. The van der Waals surface area contributed by atoms with Crippen molar-refractivity contribution in [1.82, 2.24) is 9.97 Å². The lowest BCUT2D eigenvalue weighted by Gasteiger charge is -2.06. The van der Waals surface area contributed by atoms with Crippen LogP contribution in [0.3, 0.4) is 0 Å². The molecule has 0 fully saturated rings. The zero-order valence-corrected chi connectivity index (χ0v) is 10.2. The molecule has 1 N–H and O–H groups in total. The fourth-order valence-electron chi connectivity index (χ4n) is 2.80. The van der Waals surface area contributed by atoms with Crippen molar-refractivity contribution in [2.45, 2.75) is 12.8 Å². The first-order chi connectivity index (χ1) is 9.38. The molecule has 1 heterocycles. The fraction of sp³-hybridized carbons (Fsp3) is 0.133. The van der Waals surface area contributed by atoms with Gasteiger partial charge in [0.25, 0.3) is 0 Å². The highest BCUT2D eigenvalue weighted by atomic mass is 16.3. The number of hydrogen-bond acceptors (Lipinski definition) is 3. The maximum atomic E-state index is 11.2. The van der Waals surface area contributed by atoms with Crippen LogP contribution >= 0.6 is 0 Å². The third-order valence-corrected chi connectivity index (χ3v) is 3.67. The molecule has 1 aromatic rings. The van der Waals surface area contributed by atoms with Crippen LogP contribution in [-0.4, -0.2) is 9.97 Å². The Morgan fingerprint density at radius 3 is 3.05 bits per heavy atom. The van der Waals surface area contributed by atoms with E-state index in [4.69, 9.17) is 0 Å². The highest BCUT2D eigenvalue weighted by Gasteiger charge is 2.26. The van der Waals surface area contributed by atoms with Gasteiger partial charge in [0.1, 0.15) is 5.69 Å². The van der Waals surface area contributed by atoms with Crippen LogP contribution in [0, 0.1) is 4.91 Å². The third kappa shape index (κ3) is 1.37. The van der Waals surface area contributed by atoms with Crippen LogP contribution in [-0.2, 0) is 6.42 Å². The summed E-state index contributed by atoms with van der Waals surface area (Å²) in [6.07, 6.45) is 5.97. The minimum Gasteiger partial charge on any atom is -0.350 e. The Bertz CT molecular complexity index is 801. The second-order valence-electron chi connectivity index (χ2n) is 4.75. The molecule has 1 aliphatic heterocycles. The second-order valence-corrected chi connectivity index (χ2v) is 4.75. The molecule has 0 spiro atoms. The van der Waals surface area contributed by atoms with Crippen LogP contribution in [0.4, 0.5) is 5.69 Å². The van der Waals surface area contributed by atoms with Crippen molar-refractivity contribution >= 4 is 22.8 Å². The van der Waals surface area contributed by atoms with E-state index in [-0.39, 0.29) is 0 Å². The molecule has 1 aromatic carbocycles. The van der Waals surface area contributed by atoms with Crippen molar-refractivity contribution in [2.75, 3.05) is 0 Å². The van der Waals surface area contributed by atoms with Gasteiger partial charge >= 0.3 is 0 Å². The quantitative estimate of drug-likeness (QED) is 0.662. The molecule has 2 aliphatic carbocycles. The predicted molar refractivity (Wildman–Crippen MR) is 75.5 cm³/mol. The van der Waals surface area contributed by atoms with Crippen molar-refractivity contribution in [3.8, 4) is 11.4 Å². The van der Waals surface area contributed by atoms with Crippen LogP contribution in [0.15, 0.2) is 35.5 Å². The maximum absolute atomic E-state index is 11.2. The highest BCUT2D eigenvalue weighted by Crippen LogP contribution is 2.44. The van der Waals surface area contributed by atoms with Gasteiger partial charge in [0, 0.05) is 5.56 Å². The number of para-hydroxylation sites is 2. The fourth-order valence-corrected chi connectivity index (χ4v) is 2.80. The van der Waals surface area contributed by atoms with E-state index in [1.54, 1.807) is 0 Å². The zero-order valence-electron chi connectivity index (χ0n) is 10.2. The molecule has 0 bridgehead atoms. The van der Waals surface area contributed by atoms with Gasteiger partial charge in [-0.3, -0.25) is 0 Å². The van der Waals surface area contributed by atoms with Gasteiger partial charge in [-0.05, 0) is 35.7 Å². The summed E-state index contributed by atoms with van der Waals surface area (Å²) in [4.78, 5) is 19.1. The first-order valence-electron chi connectivity index (χ1n) is 6.31. The van der Waals surface area contributed by atoms with Gasteiger partial charge in [0.2, 0.25) is 0 Å². The topological polar surface area (TPSA) is 58.1 Å². The van der Waals surface area contributed by atoms with Gasteiger partial charge < -0.3 is 4.98 Å². The molecular formula is C15H11N3O. The lowest BCUT2D eigenvalue weighted by molar-refractivity contribution is 0.992. The summed E-state index contributed by atoms with van der Waals surface area (Å²) in [5.41, 5.74) is 6.01. The Kier molecular flexibility index (Phi) is 2.06. The van der Waals surface area contributed by atoms with Crippen LogP contribution in [0.1, 0.15) is 17.5 Å². The number of benzene rings is 1. The van der Waals surface area contributed by atoms with Crippen LogP contribution in [0.2, 0.25) is 0 Å². The number of H-pyrrole nitrogens is 1. The lowest BCUT2D eigenvalue weighted by Crippen LogP contribution is -1.92. The molecular weight excluding hydrogens is 238 g/mol. The SMILES string of the molecule is O=Nc1c2[nH]c3ccccc3nc-2c2c1CCC=C2. The number of nitrogens with zero attached hydrogens (tertiary/aromatic N) is 2. The number of aromatic amines is 1. The Morgan fingerprint density at radius 2 is 2.16 bits per heavy atom. The van der Waals surface area contributed by atoms with E-state index in [0.29, 0.717) is 5.69 Å². The molecule has 0 atom stereocenters. The number of nitrogens with one attached hydrogen (secondary N) is 1. The molecule has 0 aromatic heterocycles. The van der Waals surface area contributed by atoms with Crippen LogP contribution in [0.25, 0.3) is 28.5 Å². The van der Waals surface area contributed by atoms with E-state index < -0.39 is 0 Å². The number of hydrogen-bond donors (Lipinski definition) is 1. The highest BCUT2D eigenvalue weighted by molar-refractivity contribution is 5.92. The summed E-state index contributed by atoms with van der Waals surface area (Å²) >= 11 is 0. The summed E-state index contributed by atoms with van der Waals surface area (Å²) in [5.74, 6) is 0. The van der Waals surface area contributed by atoms with E-state index in [2.05, 4.69) is 21.2 Å². The van der Waals surface area contributed by atoms with Crippen LogP contribution < -0.4 is 0 Å². The summed E-state index contributed by atoms with van der Waals surface area (Å²) in [7, 11) is 0. The molecule has 19 heavy (non-hydrogen) atoms. The first-order valence-corrected chi connectivity index (χ1v) is 6.31. The molecule has 4 nitrogen and oxygen atoms in total. The minimum absolute atomic E-state index is 0.521. The van der Waals surface area contributed by atoms with E-state index in [9.17, 15) is 4.91 Å². The molecule has 4 heteroatoms. The largest absolute Gasteiger partial charge is 0.350 e.